The first-order valence-corrected chi connectivity index (χ1v) is 56.4. The number of nitrogens with one attached hydrogen (secondary N) is 3. The van der Waals surface area contributed by atoms with Gasteiger partial charge in [0, 0.05) is 74.0 Å². The fourth-order valence-corrected chi connectivity index (χ4v) is 37.7. The van der Waals surface area contributed by atoms with Crippen molar-refractivity contribution < 1.29 is 102 Å². The minimum atomic E-state index is -0.872. The molecule has 0 aromatic carbocycles. The van der Waals surface area contributed by atoms with E-state index in [1.54, 1.807) is 11.9 Å². The highest BCUT2D eigenvalue weighted by Gasteiger charge is 2.69. The SMILES string of the molecule is COC(=O)CCNC(=O)CC[C@@H](C)[C@H]1CCC2[C@H]3C(CC[C@@]21C)[C@@]1(C)CC[C@@H](C)C[C@H]1C[C@@H]3OC=O.COC(=O)CCNC(=O)CC[C@@H](C)[C@H]1CCC2[C@H]3C(CC[C@@]21C)[C@@]1(C)CC[C@@H](C)C[C@H]1C[C@H]3O.COC(=O)CCNC(=O)CC[C@@H](C)[C@H]1CCC2[C@H]3C(CC[C@@]21C)[C@@]1(C)CC[C@@H](O)C[C@H]1C[C@@H]3O.C[C@H](CCC(=O)N(C)CCC(=O)O)[C@H]1CCC2[C@H]3C(CC[C@@]21C)[C@@]1(C)CC[C@@H](O)C[C@H]1C[C@@H]3O.FF. The Labute approximate surface area is 840 Å². The summed E-state index contributed by atoms with van der Waals surface area (Å²) >= 11 is 0. The van der Waals surface area contributed by atoms with E-state index in [9.17, 15) is 68.7 Å². The number of ether oxygens (including phenoxy) is 4. The number of methoxy groups -OCH3 is 3. The Morgan fingerprint density at radius 3 is 0.936 bits per heavy atom. The quantitative estimate of drug-likeness (QED) is 0.0183. The lowest BCUT2D eigenvalue weighted by atomic mass is 9.43. The van der Waals surface area contributed by atoms with Gasteiger partial charge in [0.25, 0.3) is 6.47 Å². The fraction of sp³-hybridized carbons (Fsp3) is 0.922. The Bertz CT molecular complexity index is 4000. The topological polar surface area (TPSA) is 351 Å². The van der Waals surface area contributed by atoms with Crippen LogP contribution in [0.15, 0.2) is 0 Å². The second-order valence-electron chi connectivity index (χ2n) is 52.0. The summed E-state index contributed by atoms with van der Waals surface area (Å²) in [6.45, 7) is 36.1. The highest BCUT2D eigenvalue weighted by molar-refractivity contribution is 5.79. The first-order chi connectivity index (χ1) is 66.3. The number of aliphatic carboxylic acids is 1. The molecule has 0 aromatic heterocycles. The van der Waals surface area contributed by atoms with Crippen LogP contribution in [0.2, 0.25) is 0 Å². The summed E-state index contributed by atoms with van der Waals surface area (Å²) in [5, 5.41) is 72.2. The van der Waals surface area contributed by atoms with Crippen LogP contribution in [0.3, 0.4) is 0 Å². The number of esters is 3. The van der Waals surface area contributed by atoms with Crippen molar-refractivity contribution in [1.29, 1.82) is 0 Å². The van der Waals surface area contributed by atoms with E-state index >= 15 is 0 Å². The van der Waals surface area contributed by atoms with E-state index < -0.39 is 5.97 Å². The van der Waals surface area contributed by atoms with Gasteiger partial charge in [-0.05, 0) is 410 Å². The molecule has 0 bridgehead atoms. The second kappa shape index (κ2) is 48.0. The summed E-state index contributed by atoms with van der Waals surface area (Å²) in [6.07, 6.45) is 42.1. The molecule has 140 heavy (non-hydrogen) atoms. The number of carboxylic acid groups (broad SMARTS) is 1. The number of amides is 4. The molecule has 0 aliphatic heterocycles. The molecule has 0 heterocycles. The van der Waals surface area contributed by atoms with Crippen LogP contribution in [0.25, 0.3) is 0 Å². The lowest BCUT2D eigenvalue weighted by Gasteiger charge is -2.62. The number of carbonyl (C=O) groups is 9. The molecule has 9 N–H and O–H groups in total. The average Bonchev–Trinajstić information content (AvgIpc) is 1.50. The van der Waals surface area contributed by atoms with Crippen LogP contribution in [0.1, 0.15) is 379 Å². The molecule has 0 spiro atoms. The van der Waals surface area contributed by atoms with Crippen molar-refractivity contribution in [3.63, 3.8) is 0 Å². The third-order valence-corrected chi connectivity index (χ3v) is 45.5. The van der Waals surface area contributed by atoms with Gasteiger partial charge in [-0.1, -0.05) is 110 Å². The van der Waals surface area contributed by atoms with Gasteiger partial charge in [0.1, 0.15) is 6.10 Å². The number of aliphatic hydroxyl groups is 5. The van der Waals surface area contributed by atoms with Crippen LogP contribution in [0, 0.1) is 197 Å². The zero-order valence-corrected chi connectivity index (χ0v) is 89.7. The molecule has 23 nitrogen and oxygen atoms in total. The summed E-state index contributed by atoms with van der Waals surface area (Å²) in [5.41, 5.74) is 2.30. The van der Waals surface area contributed by atoms with Crippen molar-refractivity contribution in [3.05, 3.63) is 0 Å². The molecule has 16 saturated carbocycles. The maximum absolute atomic E-state index is 12.5. The Balaban J connectivity index is 0.000000166. The van der Waals surface area contributed by atoms with Crippen molar-refractivity contribution in [2.45, 2.75) is 416 Å². The first-order valence-electron chi connectivity index (χ1n) is 56.4. The van der Waals surface area contributed by atoms with Crippen LogP contribution < -0.4 is 16.0 Å². The molecule has 4 amide bonds. The predicted octanol–water partition coefficient (Wildman–Crippen LogP) is 20.1. The van der Waals surface area contributed by atoms with Crippen molar-refractivity contribution >= 4 is 54.0 Å². The van der Waals surface area contributed by atoms with Gasteiger partial charge in [0.15, 0.2) is 0 Å². The molecular weight excluding hydrogens is 1780 g/mol. The molecule has 0 aromatic rings. The Morgan fingerprint density at radius 2 is 0.629 bits per heavy atom. The number of rotatable bonds is 30. The maximum Gasteiger partial charge on any atom is 0.307 e. The standard InChI is InChI=1S/C30H49NO5.C29H49NO4.2C28H47NO5.F2/c1-19-10-13-29(3)21(16-19)17-25(36-18-32)28-23-8-7-22(30(23,4)14-11-24(28)29)20(2)6-9-26(33)31-15-12-27(34)35-5;1-18-10-13-28(3)20(16-18)17-24(31)27-22-8-7-21(29(22,4)14-11-23(27)28)19(2)6-9-25(32)30-15-12-26(33)34-5;1-17(5-8-24(32)29-14-11-25(33)34-4)20-6-7-21-26-22(10-13-28(20,21)3)27(2)12-9-19(30)15-18(27)16-23(26)31;1-17(5-8-24(32)29(4)14-11-25(33)34)20-6-7-21-26-22(10-13-28(20,21)3)27(2)12-9-19(30)15-18(27)16-23(26)31;1-2/h18-25,28H,6-17H2,1-5H3,(H,31,33);18-24,27,31H,6-17H2,1-5H3,(H,30,32);17-23,26,30-31H,5-16H2,1-4H3,(H,29,32);17-23,26,30-31H,5-16H2,1-4H3,(H,33,34);/t19-,20-,21+,22-,23?,24?,25+,28+,29+,30-;18-,19-,20+,21-,22?,23?,24-,27+,28+,29-;2*17-,18+,19-,20-,21?,22?,23+,26+,27+,28-;/m1111./s1. The lowest BCUT2D eigenvalue weighted by molar-refractivity contribution is -0.184. The van der Waals surface area contributed by atoms with Crippen molar-refractivity contribution in [2.75, 3.05) is 54.6 Å². The Hall–Kier alpha value is -5.11. The van der Waals surface area contributed by atoms with E-state index in [0.29, 0.717) is 198 Å². The average molecular weight is 1970 g/mol. The molecule has 800 valence electrons. The molecule has 16 rings (SSSR count). The monoisotopic (exact) mass is 1970 g/mol. The van der Waals surface area contributed by atoms with Crippen LogP contribution in [0.5, 0.6) is 0 Å². The lowest BCUT2D eigenvalue weighted by Crippen LogP contribution is -2.58. The van der Waals surface area contributed by atoms with Crippen molar-refractivity contribution in [2.24, 2.45) is 197 Å². The van der Waals surface area contributed by atoms with E-state index in [4.69, 9.17) is 19.0 Å². The minimum Gasteiger partial charge on any atom is -0.481 e. The molecule has 16 aliphatic rings. The number of nitrogens with zero attached hydrogens (tertiary/aromatic N) is 1. The van der Waals surface area contributed by atoms with E-state index in [1.165, 1.54) is 163 Å². The van der Waals surface area contributed by atoms with Crippen LogP contribution in [-0.2, 0) is 62.1 Å². The molecule has 40 atom stereocenters. The van der Waals surface area contributed by atoms with E-state index in [1.807, 2.05) is 0 Å². The number of carbonyl (C=O) groups excluding carboxylic acids is 8. The molecule has 25 heteroatoms. The predicted molar refractivity (Wildman–Crippen MR) is 536 cm³/mol. The Morgan fingerprint density at radius 1 is 0.357 bits per heavy atom. The summed E-state index contributed by atoms with van der Waals surface area (Å²) in [7, 11) is 5.80. The number of aliphatic hydroxyl groups excluding tert-OH is 5. The van der Waals surface area contributed by atoms with Gasteiger partial charge in [-0.15, -0.1) is 0 Å². The Kier molecular flexibility index (Phi) is 39.0. The normalized spacial score (nSPS) is 43.3. The van der Waals surface area contributed by atoms with Crippen molar-refractivity contribution in [1.82, 2.24) is 20.9 Å². The van der Waals surface area contributed by atoms with Crippen molar-refractivity contribution in [3.8, 4) is 0 Å². The summed E-state index contributed by atoms with van der Waals surface area (Å²) in [5.74, 6) is 13.0. The largest absolute Gasteiger partial charge is 0.481 e. The number of fused-ring (bicyclic) bond motifs is 20. The van der Waals surface area contributed by atoms with Gasteiger partial charge in [-0.25, -0.2) is 0 Å². The molecule has 0 radical (unpaired) electrons. The molecule has 8 unspecified atom stereocenters. The van der Waals surface area contributed by atoms with Crippen LogP contribution in [0.4, 0.5) is 9.15 Å². The zero-order chi connectivity index (χ0) is 102. The minimum absolute atomic E-state index is 0.0101. The number of hydrogen-bond donors (Lipinski definition) is 9. The molecule has 16 fully saturated rings. The van der Waals surface area contributed by atoms with Gasteiger partial charge in [-0.3, -0.25) is 43.2 Å². The van der Waals surface area contributed by atoms with E-state index in [-0.39, 0.29) is 143 Å². The third kappa shape index (κ3) is 23.9. The third-order valence-electron chi connectivity index (χ3n) is 45.5. The van der Waals surface area contributed by atoms with Gasteiger partial charge in [-0.2, -0.15) is 0 Å². The molecular formula is C115H192F2N4O19. The number of carboxylic acids is 1. The summed E-state index contributed by atoms with van der Waals surface area (Å²) in [6, 6.07) is 0. The second-order valence-corrected chi connectivity index (χ2v) is 52.0. The highest BCUT2D eigenvalue weighted by atomic mass is 20.0. The highest BCUT2D eigenvalue weighted by Crippen LogP contribution is 2.75. The smallest absolute Gasteiger partial charge is 0.307 e. The van der Waals surface area contributed by atoms with E-state index in [2.05, 4.69) is 127 Å². The van der Waals surface area contributed by atoms with E-state index in [0.717, 1.165) is 108 Å². The van der Waals surface area contributed by atoms with Crippen LogP contribution in [-0.4, -0.2) is 181 Å². The number of halogens is 2. The van der Waals surface area contributed by atoms with Crippen LogP contribution >= 0.6 is 0 Å². The van der Waals surface area contributed by atoms with Gasteiger partial charge in [0.05, 0.1) is 77.5 Å². The molecule has 0 saturated heterocycles. The number of hydrogen-bond acceptors (Lipinski definition) is 18. The fourth-order valence-electron chi connectivity index (χ4n) is 37.7. The molecule has 16 aliphatic carbocycles. The van der Waals surface area contributed by atoms with Gasteiger partial charge in [0.2, 0.25) is 23.6 Å². The van der Waals surface area contributed by atoms with Gasteiger partial charge < -0.3 is 70.4 Å². The summed E-state index contributed by atoms with van der Waals surface area (Å²) in [4.78, 5) is 107. The summed E-state index contributed by atoms with van der Waals surface area (Å²) < 4.78 is 35.8. The first kappa shape index (κ1) is 114. The van der Waals surface area contributed by atoms with Gasteiger partial charge >= 0.3 is 23.9 Å². The zero-order valence-electron chi connectivity index (χ0n) is 89.7. The maximum atomic E-state index is 12.5.